The summed E-state index contributed by atoms with van der Waals surface area (Å²) < 4.78 is 8.66. The van der Waals surface area contributed by atoms with Gasteiger partial charge in [-0.05, 0) is 77.7 Å². The van der Waals surface area contributed by atoms with E-state index in [1.807, 2.05) is 18.2 Å². The monoisotopic (exact) mass is 578 g/mol. The van der Waals surface area contributed by atoms with Crippen molar-refractivity contribution in [2.45, 2.75) is 12.3 Å². The zero-order chi connectivity index (χ0) is 30.1. The van der Waals surface area contributed by atoms with Gasteiger partial charge >= 0.3 is 0 Å². The van der Waals surface area contributed by atoms with Gasteiger partial charge in [-0.3, -0.25) is 0 Å². The lowest BCUT2D eigenvalue weighted by molar-refractivity contribution is 0.517. The molecule has 3 nitrogen and oxygen atoms in total. The topological polar surface area (TPSA) is 29.6 Å². The van der Waals surface area contributed by atoms with Crippen molar-refractivity contribution in [1.82, 2.24) is 4.40 Å². The van der Waals surface area contributed by atoms with E-state index in [4.69, 9.17) is 4.42 Å². The second-order valence-electron chi connectivity index (χ2n) is 11.9. The van der Waals surface area contributed by atoms with E-state index in [0.29, 0.717) is 0 Å². The van der Waals surface area contributed by atoms with Crippen LogP contribution in [0.1, 0.15) is 40.5 Å². The minimum atomic E-state index is 0.219. The van der Waals surface area contributed by atoms with Crippen molar-refractivity contribution in [3.8, 4) is 11.1 Å². The van der Waals surface area contributed by atoms with Gasteiger partial charge in [-0.2, -0.15) is 0 Å². The average Bonchev–Trinajstić information content (AvgIpc) is 3.75. The molecule has 9 rings (SSSR count). The molecule has 1 unspecified atom stereocenters. The van der Waals surface area contributed by atoms with Crippen LogP contribution in [-0.4, -0.2) is 4.40 Å². The summed E-state index contributed by atoms with van der Waals surface area (Å²) >= 11 is 0. The maximum Gasteiger partial charge on any atom is 0.134 e. The van der Waals surface area contributed by atoms with Crippen LogP contribution in [0.25, 0.3) is 67.5 Å². The number of benzene rings is 5. The molecule has 0 saturated carbocycles. The first-order chi connectivity index (χ1) is 22.2. The molecule has 45 heavy (non-hydrogen) atoms. The molecular formula is C42H30N2O. The van der Waals surface area contributed by atoms with E-state index in [1.165, 1.54) is 54.8 Å². The highest BCUT2D eigenvalue weighted by Gasteiger charge is 2.25. The van der Waals surface area contributed by atoms with Crippen molar-refractivity contribution in [3.63, 3.8) is 0 Å². The molecule has 0 bridgehead atoms. The highest BCUT2D eigenvalue weighted by Crippen LogP contribution is 2.42. The number of nitrogens with zero attached hydrogens (tertiary/aromatic N) is 1. The van der Waals surface area contributed by atoms with Gasteiger partial charge in [0, 0.05) is 50.0 Å². The molecule has 0 radical (unpaired) electrons. The number of rotatable bonds is 6. The van der Waals surface area contributed by atoms with Crippen LogP contribution in [0.3, 0.4) is 0 Å². The Kier molecular flexibility index (Phi) is 5.63. The smallest absolute Gasteiger partial charge is 0.134 e. The molecule has 3 heteroatoms. The molecule has 0 aliphatic heterocycles. The third-order valence-electron chi connectivity index (χ3n) is 9.43. The Bertz CT molecular complexity index is 2450. The third-order valence-corrected chi connectivity index (χ3v) is 9.43. The summed E-state index contributed by atoms with van der Waals surface area (Å²) in [7, 11) is 0. The molecule has 0 amide bonds. The molecule has 5 aromatic carbocycles. The number of allylic oxidation sites excluding steroid dienone is 1. The van der Waals surface area contributed by atoms with Crippen molar-refractivity contribution in [3.05, 3.63) is 157 Å². The van der Waals surface area contributed by atoms with Crippen LogP contribution in [0.15, 0.2) is 133 Å². The van der Waals surface area contributed by atoms with Crippen LogP contribution < -0.4 is 5.32 Å². The van der Waals surface area contributed by atoms with Crippen LogP contribution in [0.2, 0.25) is 0 Å². The molecule has 1 aliphatic rings. The summed E-state index contributed by atoms with van der Waals surface area (Å²) in [5.74, 6) is 1.28. The number of furan rings is 1. The molecular weight excluding hydrogens is 548 g/mol. The summed E-state index contributed by atoms with van der Waals surface area (Å²) in [4.78, 5) is 0. The fourth-order valence-corrected chi connectivity index (χ4v) is 7.34. The predicted octanol–water partition coefficient (Wildman–Crippen LogP) is 11.7. The van der Waals surface area contributed by atoms with E-state index >= 15 is 0 Å². The summed E-state index contributed by atoms with van der Waals surface area (Å²) in [6.07, 6.45) is 9.30. The van der Waals surface area contributed by atoms with Gasteiger partial charge < -0.3 is 14.1 Å². The van der Waals surface area contributed by atoms with E-state index in [-0.39, 0.29) is 5.92 Å². The van der Waals surface area contributed by atoms with Crippen LogP contribution in [0, 0.1) is 0 Å². The minimum Gasteiger partial charge on any atom is -0.460 e. The van der Waals surface area contributed by atoms with Crippen molar-refractivity contribution in [1.29, 1.82) is 0 Å². The zero-order valence-corrected chi connectivity index (χ0v) is 24.8. The summed E-state index contributed by atoms with van der Waals surface area (Å²) in [5, 5.41) is 8.48. The van der Waals surface area contributed by atoms with Crippen LogP contribution in [-0.2, 0) is 0 Å². The molecule has 0 fully saturated rings. The number of hydrogen-bond donors (Lipinski definition) is 1. The Morgan fingerprint density at radius 3 is 2.20 bits per heavy atom. The highest BCUT2D eigenvalue weighted by atomic mass is 16.3. The van der Waals surface area contributed by atoms with E-state index < -0.39 is 0 Å². The normalized spacial score (nSPS) is 14.4. The van der Waals surface area contributed by atoms with Gasteiger partial charge in [0.05, 0.1) is 16.7 Å². The van der Waals surface area contributed by atoms with Crippen molar-refractivity contribution >= 4 is 67.8 Å². The van der Waals surface area contributed by atoms with Gasteiger partial charge in [0.25, 0.3) is 0 Å². The molecule has 1 N–H and O–H groups in total. The first-order valence-electron chi connectivity index (χ1n) is 15.4. The Morgan fingerprint density at radius 1 is 0.711 bits per heavy atom. The summed E-state index contributed by atoms with van der Waals surface area (Å²) in [6.45, 7) is 8.27. The second-order valence-corrected chi connectivity index (χ2v) is 11.9. The van der Waals surface area contributed by atoms with Gasteiger partial charge in [0.2, 0.25) is 0 Å². The van der Waals surface area contributed by atoms with E-state index in [1.54, 1.807) is 0 Å². The Balaban J connectivity index is 1.01. The molecule has 1 atom stereocenters. The first kappa shape index (κ1) is 25.7. The Hall–Kier alpha value is -5.80. The van der Waals surface area contributed by atoms with E-state index in [0.717, 1.165) is 40.4 Å². The molecule has 3 aromatic heterocycles. The van der Waals surface area contributed by atoms with Crippen LogP contribution >= 0.6 is 0 Å². The Morgan fingerprint density at radius 2 is 1.42 bits per heavy atom. The Labute approximate surface area is 261 Å². The fourth-order valence-electron chi connectivity index (χ4n) is 7.34. The predicted molar refractivity (Wildman–Crippen MR) is 191 cm³/mol. The molecule has 8 aromatic rings. The van der Waals surface area contributed by atoms with E-state index in [9.17, 15) is 0 Å². The third kappa shape index (κ3) is 3.84. The van der Waals surface area contributed by atoms with Gasteiger partial charge in [-0.15, -0.1) is 0 Å². The van der Waals surface area contributed by atoms with Gasteiger partial charge in [-0.1, -0.05) is 92.0 Å². The number of para-hydroxylation sites is 2. The number of aromatic nitrogens is 1. The quantitative estimate of drug-likeness (QED) is 0.213. The maximum absolute atomic E-state index is 6.33. The standard InChI is InChI=1S/C42H30N2O/c1-3-31-36-24-28(25-37-33-10-5-7-14-39(33)44(41(36)37)38(31)4-2)26-16-20-29(21-17-26)43-30-22-18-27(19-23-30)32-12-9-13-35-34-11-6-8-15-40(34)45-42(32)35/h3-11,13-25,32,43H,1-2,12H2. The largest absolute Gasteiger partial charge is 0.460 e. The molecule has 214 valence electrons. The lowest BCUT2D eigenvalue weighted by Crippen LogP contribution is -2.03. The molecule has 0 spiro atoms. The summed E-state index contributed by atoms with van der Waals surface area (Å²) in [5.41, 5.74) is 12.5. The van der Waals surface area contributed by atoms with Crippen LogP contribution in [0.5, 0.6) is 0 Å². The van der Waals surface area contributed by atoms with Gasteiger partial charge in [0.1, 0.15) is 11.3 Å². The number of fused-ring (bicyclic) bond motifs is 6. The van der Waals surface area contributed by atoms with Crippen LogP contribution in [0.4, 0.5) is 11.4 Å². The first-order valence-corrected chi connectivity index (χ1v) is 15.4. The van der Waals surface area contributed by atoms with Gasteiger partial charge in [-0.25, -0.2) is 0 Å². The lowest BCUT2D eigenvalue weighted by Gasteiger charge is -2.18. The number of anilines is 2. The van der Waals surface area contributed by atoms with Crippen molar-refractivity contribution in [2.75, 3.05) is 5.32 Å². The molecule has 1 aliphatic carbocycles. The minimum absolute atomic E-state index is 0.219. The number of hydrogen-bond acceptors (Lipinski definition) is 2. The van der Waals surface area contributed by atoms with E-state index in [2.05, 4.69) is 138 Å². The summed E-state index contributed by atoms with van der Waals surface area (Å²) in [6, 6.07) is 39.0. The van der Waals surface area contributed by atoms with Crippen molar-refractivity contribution < 1.29 is 4.42 Å². The lowest BCUT2D eigenvalue weighted by atomic mass is 9.87. The SMILES string of the molecule is C=Cc1c(C=C)n2c3ccccc3c3cc(-c4ccc(Nc5ccc(C6CC=Cc7c6oc6ccccc76)cc5)cc4)cc1c32. The molecule has 3 heterocycles. The average molecular weight is 579 g/mol. The molecule has 0 saturated heterocycles. The highest BCUT2D eigenvalue weighted by molar-refractivity contribution is 6.18. The number of nitrogens with one attached hydrogen (secondary N) is 1. The van der Waals surface area contributed by atoms with Crippen molar-refractivity contribution in [2.24, 2.45) is 0 Å². The maximum atomic E-state index is 6.33. The second kappa shape index (κ2) is 9.87. The fraction of sp³-hybridized carbons (Fsp3) is 0.0476. The zero-order valence-electron chi connectivity index (χ0n) is 24.8. The van der Waals surface area contributed by atoms with Gasteiger partial charge in [0.15, 0.2) is 0 Å².